The fourth-order valence-electron chi connectivity index (χ4n) is 6.15. The van der Waals surface area contributed by atoms with Crippen LogP contribution in [0.15, 0.2) is 90.3 Å². The predicted octanol–water partition coefficient (Wildman–Crippen LogP) is 6.45. The molecule has 3 N–H and O–H groups in total. The maximum atomic E-state index is 14.2. The number of carbonyl (C=O) groups excluding carboxylic acids is 2. The Hall–Kier alpha value is -5.71. The molecule has 4 aromatic rings. The van der Waals surface area contributed by atoms with Gasteiger partial charge in [-0.3, -0.25) is 9.59 Å². The molecule has 1 unspecified atom stereocenters. The Kier molecular flexibility index (Phi) is 16.2. The molecule has 0 bridgehead atoms. The Morgan fingerprint density at radius 1 is 0.927 bits per heavy atom. The number of aliphatic hydroxyl groups is 2. The van der Waals surface area contributed by atoms with E-state index in [2.05, 4.69) is 20.3 Å². The van der Waals surface area contributed by atoms with E-state index in [9.17, 15) is 39.2 Å². The highest BCUT2D eigenvalue weighted by molar-refractivity contribution is 6.12. The van der Waals surface area contributed by atoms with Gasteiger partial charge < -0.3 is 39.2 Å². The molecule has 0 saturated carbocycles. The number of para-hydroxylation sites is 1. The summed E-state index contributed by atoms with van der Waals surface area (Å²) in [5.74, 6) is -1.84. The van der Waals surface area contributed by atoms with Crippen LogP contribution in [-0.4, -0.2) is 76.5 Å². The van der Waals surface area contributed by atoms with Gasteiger partial charge in [-0.15, -0.1) is 15.0 Å². The number of ether oxygens (including phenoxy) is 2. The van der Waals surface area contributed by atoms with Crippen molar-refractivity contribution in [2.75, 3.05) is 31.7 Å². The molecule has 4 rings (SSSR count). The van der Waals surface area contributed by atoms with Crippen LogP contribution in [0.4, 0.5) is 10.1 Å². The fraction of sp³-hybridized carbons (Fsp3) is 0.385. The van der Waals surface area contributed by atoms with Gasteiger partial charge in [-0.05, 0) is 66.3 Å². The third kappa shape index (κ3) is 12.7. The summed E-state index contributed by atoms with van der Waals surface area (Å²) in [4.78, 5) is 56.4. The van der Waals surface area contributed by atoms with E-state index >= 15 is 0 Å². The van der Waals surface area contributed by atoms with Crippen molar-refractivity contribution in [2.24, 2.45) is 5.34 Å². The largest absolute Gasteiger partial charge is 0.463 e. The number of amides is 1. The summed E-state index contributed by atoms with van der Waals surface area (Å²) < 4.78 is 26.5. The fourth-order valence-corrected chi connectivity index (χ4v) is 6.15. The zero-order valence-electron chi connectivity index (χ0n) is 30.5. The Morgan fingerprint density at radius 3 is 2.24 bits per heavy atom. The standard InChI is InChI=1S/C39H45FN4O11/c1-26(2)37-36(39(48)41-30-12-7-4-8-13-30)35(27-10-5-3-6-11-27)38(28-14-16-29(40)17-15-28)43(37)19-18-31(45)22-32(46)23-34(47)53-25-33(55-44(50)51)24-52-20-9-21-54-42-49/h3-8,10-17,26,31-33,45-46H,9,18-25H2,1-2H3,(H,41,48)/t31-,32-,33?/m1/s1. The number of anilines is 1. The normalized spacial score (nSPS) is 12.8. The maximum Gasteiger partial charge on any atom is 0.308 e. The van der Waals surface area contributed by atoms with Crippen LogP contribution in [-0.2, 0) is 30.5 Å². The van der Waals surface area contributed by atoms with Crippen LogP contribution in [0.3, 0.4) is 0 Å². The van der Waals surface area contributed by atoms with Gasteiger partial charge in [0, 0.05) is 29.9 Å². The van der Waals surface area contributed by atoms with Gasteiger partial charge in [-0.2, -0.15) is 0 Å². The average Bonchev–Trinajstić information content (AvgIpc) is 3.51. The topological polar surface area (TPSA) is 201 Å². The van der Waals surface area contributed by atoms with Crippen molar-refractivity contribution >= 4 is 17.6 Å². The van der Waals surface area contributed by atoms with Gasteiger partial charge in [0.15, 0.2) is 11.4 Å². The van der Waals surface area contributed by atoms with Crippen molar-refractivity contribution in [3.8, 4) is 22.4 Å². The first-order valence-electron chi connectivity index (χ1n) is 17.8. The van der Waals surface area contributed by atoms with E-state index in [4.69, 9.17) is 9.47 Å². The molecular formula is C39H45FN4O11. The van der Waals surface area contributed by atoms with Gasteiger partial charge in [0.2, 0.25) is 0 Å². The van der Waals surface area contributed by atoms with E-state index in [0.717, 1.165) is 5.56 Å². The predicted molar refractivity (Wildman–Crippen MR) is 200 cm³/mol. The zero-order chi connectivity index (χ0) is 39.7. The van der Waals surface area contributed by atoms with Crippen molar-refractivity contribution < 1.29 is 48.4 Å². The highest BCUT2D eigenvalue weighted by Gasteiger charge is 2.31. The van der Waals surface area contributed by atoms with Crippen LogP contribution < -0.4 is 5.32 Å². The number of rotatable bonds is 23. The lowest BCUT2D eigenvalue weighted by Crippen LogP contribution is -2.31. The zero-order valence-corrected chi connectivity index (χ0v) is 30.5. The van der Waals surface area contributed by atoms with Crippen molar-refractivity contribution in [1.29, 1.82) is 0 Å². The Morgan fingerprint density at radius 2 is 1.60 bits per heavy atom. The van der Waals surface area contributed by atoms with Crippen molar-refractivity contribution in [1.82, 2.24) is 4.57 Å². The number of aliphatic hydroxyl groups excluding tert-OH is 2. The molecule has 1 amide bonds. The van der Waals surface area contributed by atoms with Crippen LogP contribution >= 0.6 is 0 Å². The van der Waals surface area contributed by atoms with Crippen LogP contribution in [0.1, 0.15) is 61.5 Å². The lowest BCUT2D eigenvalue weighted by Gasteiger charge is -2.20. The molecule has 0 aliphatic heterocycles. The minimum absolute atomic E-state index is 0.00953. The molecule has 16 heteroatoms. The average molecular weight is 765 g/mol. The molecule has 3 aromatic carbocycles. The molecule has 0 aliphatic carbocycles. The molecule has 1 aromatic heterocycles. The van der Waals surface area contributed by atoms with Crippen LogP contribution in [0.2, 0.25) is 0 Å². The number of nitrogens with one attached hydrogen (secondary N) is 1. The van der Waals surface area contributed by atoms with Crippen molar-refractivity contribution in [3.05, 3.63) is 117 Å². The lowest BCUT2D eigenvalue weighted by molar-refractivity contribution is -0.769. The minimum Gasteiger partial charge on any atom is -0.463 e. The summed E-state index contributed by atoms with van der Waals surface area (Å²) in [6.45, 7) is 3.32. The number of halogens is 1. The van der Waals surface area contributed by atoms with Gasteiger partial charge in [0.05, 0.1) is 43.1 Å². The summed E-state index contributed by atoms with van der Waals surface area (Å²) in [6, 6.07) is 24.4. The molecule has 0 spiro atoms. The molecule has 294 valence electrons. The molecule has 0 aliphatic rings. The van der Waals surface area contributed by atoms with Crippen molar-refractivity contribution in [2.45, 2.75) is 70.3 Å². The van der Waals surface area contributed by atoms with Gasteiger partial charge >= 0.3 is 5.97 Å². The first kappa shape index (κ1) is 42.0. The van der Waals surface area contributed by atoms with E-state index in [1.165, 1.54) is 12.1 Å². The molecule has 0 radical (unpaired) electrons. The molecule has 55 heavy (non-hydrogen) atoms. The van der Waals surface area contributed by atoms with Crippen molar-refractivity contribution in [3.63, 3.8) is 0 Å². The Labute approximate surface area is 317 Å². The second-order valence-electron chi connectivity index (χ2n) is 13.0. The second kappa shape index (κ2) is 21.2. The monoisotopic (exact) mass is 764 g/mol. The van der Waals surface area contributed by atoms with Crippen LogP contribution in [0.25, 0.3) is 22.4 Å². The summed E-state index contributed by atoms with van der Waals surface area (Å²) in [5, 5.41) is 36.9. The van der Waals surface area contributed by atoms with E-state index < -0.39 is 48.2 Å². The third-order valence-electron chi connectivity index (χ3n) is 8.47. The quantitative estimate of drug-likeness (QED) is 0.0246. The Bertz CT molecular complexity index is 1840. The molecule has 15 nitrogen and oxygen atoms in total. The molecule has 1 heterocycles. The molecule has 0 fully saturated rings. The summed E-state index contributed by atoms with van der Waals surface area (Å²) in [6.07, 6.45) is -4.01. The van der Waals surface area contributed by atoms with E-state index in [1.807, 2.05) is 66.9 Å². The highest BCUT2D eigenvalue weighted by Crippen LogP contribution is 2.42. The smallest absolute Gasteiger partial charge is 0.308 e. The number of nitrogens with zero attached hydrogens (tertiary/aromatic N) is 3. The number of hydrogen-bond acceptors (Lipinski definition) is 12. The highest BCUT2D eigenvalue weighted by atomic mass is 19.1. The van der Waals surface area contributed by atoms with Gasteiger partial charge in [-0.1, -0.05) is 62.4 Å². The Balaban J connectivity index is 1.53. The van der Waals surface area contributed by atoms with Crippen LogP contribution in [0.5, 0.6) is 0 Å². The molecular weight excluding hydrogens is 719 g/mol. The first-order valence-corrected chi connectivity index (χ1v) is 17.8. The van der Waals surface area contributed by atoms with E-state index in [-0.39, 0.29) is 57.5 Å². The molecule has 0 saturated heterocycles. The maximum absolute atomic E-state index is 14.2. The first-order chi connectivity index (χ1) is 26.5. The van der Waals surface area contributed by atoms with Gasteiger partial charge in [-0.25, -0.2) is 4.39 Å². The molecule has 3 atom stereocenters. The minimum atomic E-state index is -1.32. The van der Waals surface area contributed by atoms with Gasteiger partial charge in [0.25, 0.3) is 11.0 Å². The number of aromatic nitrogens is 1. The summed E-state index contributed by atoms with van der Waals surface area (Å²) in [7, 11) is 0. The number of esters is 1. The van der Waals surface area contributed by atoms with Gasteiger partial charge in [0.1, 0.15) is 19.0 Å². The van der Waals surface area contributed by atoms with E-state index in [0.29, 0.717) is 33.8 Å². The number of benzene rings is 3. The SMILES string of the molecule is CC(C)c1c(C(=O)Nc2ccccc2)c(-c2ccccc2)c(-c2ccc(F)cc2)n1CC[C@@H](O)C[C@@H](O)CC(=O)OCC(COCCCON=O)O[N+](=O)[O-]. The number of carbonyl (C=O) groups is 2. The second-order valence-corrected chi connectivity index (χ2v) is 13.0. The third-order valence-corrected chi connectivity index (χ3v) is 8.47. The lowest BCUT2D eigenvalue weighted by atomic mass is 9.94. The van der Waals surface area contributed by atoms with Crippen LogP contribution in [0, 0.1) is 20.8 Å². The summed E-state index contributed by atoms with van der Waals surface area (Å²) in [5.41, 5.74) is 4.40. The van der Waals surface area contributed by atoms with E-state index in [1.54, 1.807) is 24.3 Å². The number of hydrogen-bond donors (Lipinski definition) is 3. The summed E-state index contributed by atoms with van der Waals surface area (Å²) >= 11 is 0.